The molecule has 1 N–H and O–H groups in total. The first-order chi connectivity index (χ1) is 18.7. The molecular formula is C31H42FNO5S. The fourth-order valence-electron chi connectivity index (χ4n) is 2.78. The highest BCUT2D eigenvalue weighted by Gasteiger charge is 2.22. The summed E-state index contributed by atoms with van der Waals surface area (Å²) >= 11 is 1.20. The summed E-state index contributed by atoms with van der Waals surface area (Å²) in [7, 11) is 0. The first kappa shape index (κ1) is 37.5. The predicted octanol–water partition coefficient (Wildman–Crippen LogP) is 9.17. The number of hydrogen-bond acceptors (Lipinski definition) is 7. The maximum absolute atomic E-state index is 13.0. The molecule has 1 atom stereocenters. The lowest BCUT2D eigenvalue weighted by molar-refractivity contribution is 0.102. The van der Waals surface area contributed by atoms with Crippen molar-refractivity contribution < 1.29 is 23.4 Å². The number of ether oxygens (including phenoxy) is 1. The standard InChI is InChI=1S/C23H22FNO5S.3C2H6.C2H2/c1-5-12(2)18-11-17(26)20(22(28)30-18)21(27)13(3)10-19-14(4)25-23(31-19)29-16-8-6-15(24)7-9-16;4*1-2/h6-12,26H,5H2,1-4H3;3*1-2H3;1-2H/b13-10+;;;;. The van der Waals surface area contributed by atoms with E-state index in [9.17, 15) is 19.1 Å². The lowest BCUT2D eigenvalue weighted by Crippen LogP contribution is -2.16. The van der Waals surface area contributed by atoms with Crippen LogP contribution in [0.1, 0.15) is 101 Å². The molecule has 0 aliphatic rings. The molecule has 0 aliphatic heterocycles. The lowest BCUT2D eigenvalue weighted by atomic mass is 10.0. The van der Waals surface area contributed by atoms with Crippen LogP contribution in [0.4, 0.5) is 4.39 Å². The zero-order chi connectivity index (χ0) is 30.7. The normalized spacial score (nSPS) is 10.5. The second-order valence-corrected chi connectivity index (χ2v) is 8.14. The molecule has 8 heteroatoms. The van der Waals surface area contributed by atoms with Gasteiger partial charge in [-0.2, -0.15) is 0 Å². The average Bonchev–Trinajstić information content (AvgIpc) is 3.31. The van der Waals surface area contributed by atoms with E-state index < -0.39 is 22.7 Å². The highest BCUT2D eigenvalue weighted by molar-refractivity contribution is 7.14. The van der Waals surface area contributed by atoms with Gasteiger partial charge in [-0.25, -0.2) is 14.2 Å². The van der Waals surface area contributed by atoms with Gasteiger partial charge in [-0.3, -0.25) is 4.79 Å². The molecule has 214 valence electrons. The molecule has 2 aromatic heterocycles. The minimum Gasteiger partial charge on any atom is -0.507 e. The van der Waals surface area contributed by atoms with Crippen molar-refractivity contribution in [2.75, 3.05) is 0 Å². The number of aryl methyl sites for hydroxylation is 1. The molecule has 6 nitrogen and oxygen atoms in total. The summed E-state index contributed by atoms with van der Waals surface area (Å²) in [6.45, 7) is 19.1. The zero-order valence-corrected chi connectivity index (χ0v) is 25.5. The molecule has 0 aliphatic carbocycles. The fraction of sp³-hybridized carbons (Fsp3) is 0.387. The monoisotopic (exact) mass is 559 g/mol. The van der Waals surface area contributed by atoms with Gasteiger partial charge >= 0.3 is 5.63 Å². The molecule has 0 fully saturated rings. The Morgan fingerprint density at radius 2 is 1.69 bits per heavy atom. The van der Waals surface area contributed by atoms with Crippen LogP contribution in [0.3, 0.4) is 0 Å². The second-order valence-electron chi connectivity index (χ2n) is 7.15. The van der Waals surface area contributed by atoms with Crippen LogP contribution in [0.2, 0.25) is 0 Å². The molecule has 0 saturated heterocycles. The minimum atomic E-state index is -0.866. The Labute approximate surface area is 236 Å². The number of carbonyl (C=O) groups excluding carboxylic acids is 1. The Balaban J connectivity index is 0. The van der Waals surface area contributed by atoms with Gasteiger partial charge in [0.25, 0.3) is 5.19 Å². The van der Waals surface area contributed by atoms with Crippen molar-refractivity contribution in [1.82, 2.24) is 4.98 Å². The van der Waals surface area contributed by atoms with E-state index in [-0.39, 0.29) is 17.3 Å². The molecule has 3 aromatic rings. The summed E-state index contributed by atoms with van der Waals surface area (Å²) in [4.78, 5) is 30.1. The molecule has 0 radical (unpaired) electrons. The Morgan fingerprint density at radius 1 is 1.15 bits per heavy atom. The number of Topliss-reactive ketones (excluding diaryl/α,β-unsaturated/α-hetero) is 1. The van der Waals surface area contributed by atoms with Gasteiger partial charge in [0.1, 0.15) is 28.6 Å². The summed E-state index contributed by atoms with van der Waals surface area (Å²) in [5, 5.41) is 10.6. The quantitative estimate of drug-likeness (QED) is 0.176. The number of allylic oxidation sites excluding steroid dienone is 1. The maximum Gasteiger partial charge on any atom is 0.351 e. The summed E-state index contributed by atoms with van der Waals surface area (Å²) in [5.74, 6) is -0.683. The van der Waals surface area contributed by atoms with Crippen molar-refractivity contribution in [3.05, 3.63) is 74.0 Å². The molecule has 1 aromatic carbocycles. The smallest absolute Gasteiger partial charge is 0.351 e. The number of benzene rings is 1. The summed E-state index contributed by atoms with van der Waals surface area (Å²) in [6, 6.07) is 6.86. The van der Waals surface area contributed by atoms with Gasteiger partial charge in [-0.1, -0.05) is 66.7 Å². The van der Waals surface area contributed by atoms with Crippen LogP contribution in [0, 0.1) is 25.6 Å². The highest BCUT2D eigenvalue weighted by Crippen LogP contribution is 2.31. The molecule has 2 heterocycles. The van der Waals surface area contributed by atoms with Crippen molar-refractivity contribution in [2.45, 2.75) is 81.6 Å². The van der Waals surface area contributed by atoms with Gasteiger partial charge in [0.2, 0.25) is 0 Å². The van der Waals surface area contributed by atoms with Gasteiger partial charge in [-0.15, -0.1) is 12.8 Å². The van der Waals surface area contributed by atoms with Crippen molar-refractivity contribution in [3.8, 4) is 29.5 Å². The summed E-state index contributed by atoms with van der Waals surface area (Å²) in [6.07, 6.45) is 10.3. The molecule has 39 heavy (non-hydrogen) atoms. The van der Waals surface area contributed by atoms with Gasteiger partial charge < -0.3 is 14.3 Å². The topological polar surface area (TPSA) is 89.6 Å². The predicted molar refractivity (Wildman–Crippen MR) is 161 cm³/mol. The number of thiazole rings is 1. The second kappa shape index (κ2) is 20.3. The third kappa shape index (κ3) is 11.3. The Morgan fingerprint density at radius 3 is 2.18 bits per heavy atom. The molecule has 3 rings (SSSR count). The average molecular weight is 560 g/mol. The molecule has 0 spiro atoms. The van der Waals surface area contributed by atoms with E-state index in [4.69, 9.17) is 9.15 Å². The van der Waals surface area contributed by atoms with Crippen LogP contribution >= 0.6 is 11.3 Å². The van der Waals surface area contributed by atoms with Crippen molar-refractivity contribution in [1.29, 1.82) is 0 Å². The fourth-order valence-corrected chi connectivity index (χ4v) is 3.71. The third-order valence-electron chi connectivity index (χ3n) is 4.81. The number of hydrogen-bond donors (Lipinski definition) is 1. The van der Waals surface area contributed by atoms with Crippen LogP contribution < -0.4 is 10.4 Å². The molecule has 0 bridgehead atoms. The summed E-state index contributed by atoms with van der Waals surface area (Å²) < 4.78 is 23.9. The van der Waals surface area contributed by atoms with Crippen molar-refractivity contribution in [2.24, 2.45) is 0 Å². The summed E-state index contributed by atoms with van der Waals surface area (Å²) in [5.41, 5.74) is -0.406. The van der Waals surface area contributed by atoms with Gasteiger partial charge in [-0.05, 0) is 56.2 Å². The molecular weight excluding hydrogens is 517 g/mol. The highest BCUT2D eigenvalue weighted by atomic mass is 32.1. The van der Waals surface area contributed by atoms with Crippen LogP contribution in [0.5, 0.6) is 16.7 Å². The minimum absolute atomic E-state index is 0.0567. The number of aromatic nitrogens is 1. The Kier molecular flexibility index (Phi) is 19.5. The van der Waals surface area contributed by atoms with E-state index in [0.29, 0.717) is 27.3 Å². The maximum atomic E-state index is 13.0. The first-order valence-corrected chi connectivity index (χ1v) is 13.9. The van der Waals surface area contributed by atoms with E-state index in [1.165, 1.54) is 41.7 Å². The van der Waals surface area contributed by atoms with Gasteiger partial charge in [0.05, 0.1) is 10.6 Å². The number of rotatable bonds is 7. The SMILES string of the molecule is C#C.CC.CC.CC.CCC(C)c1cc(O)c(C(=O)/C(C)=C/c2sc(Oc3ccc(F)cc3)nc2C)c(=O)o1. The molecule has 1 unspecified atom stereocenters. The Bertz CT molecular complexity index is 1240. The number of ketones is 1. The largest absolute Gasteiger partial charge is 0.507 e. The van der Waals surface area contributed by atoms with Crippen LogP contribution in [-0.4, -0.2) is 15.9 Å². The van der Waals surface area contributed by atoms with Gasteiger partial charge in [0.15, 0.2) is 5.78 Å². The van der Waals surface area contributed by atoms with Crippen molar-refractivity contribution in [3.63, 3.8) is 0 Å². The van der Waals surface area contributed by atoms with E-state index in [1.807, 2.05) is 55.4 Å². The van der Waals surface area contributed by atoms with E-state index in [1.54, 1.807) is 19.9 Å². The van der Waals surface area contributed by atoms with E-state index >= 15 is 0 Å². The number of terminal acetylenes is 1. The van der Waals surface area contributed by atoms with E-state index in [0.717, 1.165) is 6.42 Å². The van der Waals surface area contributed by atoms with E-state index in [2.05, 4.69) is 17.8 Å². The molecule has 0 amide bonds. The van der Waals surface area contributed by atoms with Crippen LogP contribution in [-0.2, 0) is 0 Å². The first-order valence-electron chi connectivity index (χ1n) is 13.0. The van der Waals surface area contributed by atoms with Crippen LogP contribution in [0.25, 0.3) is 6.08 Å². The van der Waals surface area contributed by atoms with Gasteiger partial charge in [0, 0.05) is 12.0 Å². The van der Waals surface area contributed by atoms with Crippen LogP contribution in [0.15, 0.2) is 45.1 Å². The molecule has 0 saturated carbocycles. The number of halogens is 1. The number of nitrogens with zero attached hydrogens (tertiary/aromatic N) is 1. The number of aromatic hydroxyl groups is 1. The third-order valence-corrected chi connectivity index (χ3v) is 5.79. The Hall–Kier alpha value is -3.70. The number of carbonyl (C=O) groups is 1. The van der Waals surface area contributed by atoms with Crippen molar-refractivity contribution >= 4 is 23.2 Å². The lowest BCUT2D eigenvalue weighted by Gasteiger charge is -2.09. The zero-order valence-electron chi connectivity index (χ0n) is 24.7.